The maximum Gasteiger partial charge on any atom is 0.282 e. The van der Waals surface area contributed by atoms with Gasteiger partial charge in [-0.25, -0.2) is 4.98 Å². The number of nitrogens with zero attached hydrogens (tertiary/aromatic N) is 3. The smallest absolute Gasteiger partial charge is 0.282 e. The zero-order valence-corrected chi connectivity index (χ0v) is 21.7. The van der Waals surface area contributed by atoms with Crippen molar-refractivity contribution in [3.05, 3.63) is 131 Å². The predicted octanol–water partition coefficient (Wildman–Crippen LogP) is 4.73. The van der Waals surface area contributed by atoms with Gasteiger partial charge in [-0.1, -0.05) is 111 Å². The summed E-state index contributed by atoms with van der Waals surface area (Å²) in [4.78, 5) is 18.1. The molecule has 1 atom stereocenters. The molecule has 0 amide bonds. The summed E-state index contributed by atoms with van der Waals surface area (Å²) in [5.41, 5.74) is 1.15. The number of hydrogen-bond donors (Lipinski definition) is 1. The van der Waals surface area contributed by atoms with Gasteiger partial charge in [-0.2, -0.15) is 9.78 Å². The summed E-state index contributed by atoms with van der Waals surface area (Å²) in [5, 5.41) is 19.6. The zero-order chi connectivity index (χ0) is 25.8. The van der Waals surface area contributed by atoms with Gasteiger partial charge >= 0.3 is 0 Å². The lowest BCUT2D eigenvalue weighted by molar-refractivity contribution is 0.113. The van der Waals surface area contributed by atoms with Crippen molar-refractivity contribution in [1.82, 2.24) is 9.66 Å². The van der Waals surface area contributed by atoms with Gasteiger partial charge in [-0.05, 0) is 41.9 Å². The molecule has 5 aromatic rings. The van der Waals surface area contributed by atoms with Gasteiger partial charge in [-0.3, -0.25) is 4.79 Å². The number of aromatic nitrogens is 2. The lowest BCUT2D eigenvalue weighted by atomic mass is 10.1. The molecule has 5 rings (SSSR count). The van der Waals surface area contributed by atoms with Gasteiger partial charge in [0.15, 0.2) is 5.82 Å². The molecule has 0 aliphatic heterocycles. The molecule has 0 radical (unpaired) electrons. The minimum atomic E-state index is -0.935. The maximum absolute atomic E-state index is 13.5. The third-order valence-electron chi connectivity index (χ3n) is 6.19. The van der Waals surface area contributed by atoms with E-state index in [1.165, 1.54) is 15.3 Å². The van der Waals surface area contributed by atoms with Crippen molar-refractivity contribution in [3.8, 4) is 0 Å². The molecule has 1 N–H and O–H groups in total. The van der Waals surface area contributed by atoms with E-state index in [1.54, 1.807) is 24.4 Å². The molecule has 184 valence electrons. The molecule has 0 saturated carbocycles. The fraction of sp³-hybridized carbons (Fsp3) is 0.129. The third kappa shape index (κ3) is 5.15. The molecule has 1 unspecified atom stereocenters. The number of para-hydroxylation sites is 1. The molecule has 1 heterocycles. The zero-order valence-electron chi connectivity index (χ0n) is 20.8. The second kappa shape index (κ2) is 11.0. The second-order valence-corrected chi connectivity index (χ2v) is 11.3. The summed E-state index contributed by atoms with van der Waals surface area (Å²) in [6, 6.07) is 36.2. The Labute approximate surface area is 217 Å². The molecule has 0 spiro atoms. The highest BCUT2D eigenvalue weighted by molar-refractivity contribution is 7.80. The topological polar surface area (TPSA) is 67.5 Å². The molecule has 6 heteroatoms. The molecule has 37 heavy (non-hydrogen) atoms. The van der Waals surface area contributed by atoms with Crippen molar-refractivity contribution >= 4 is 41.0 Å². The molecule has 5 nitrogen and oxygen atoms in total. The first-order chi connectivity index (χ1) is 18.0. The summed E-state index contributed by atoms with van der Waals surface area (Å²) in [6.07, 6.45) is 0.778. The number of aliphatic hydroxyl groups excluding tert-OH is 1. The Hall–Kier alpha value is -3.92. The first kappa shape index (κ1) is 24.8. The minimum absolute atomic E-state index is 0.134. The summed E-state index contributed by atoms with van der Waals surface area (Å²) in [7, 11) is -0.857. The van der Waals surface area contributed by atoms with E-state index in [2.05, 4.69) is 64.7 Å². The average molecular weight is 506 g/mol. The van der Waals surface area contributed by atoms with Crippen LogP contribution in [0.15, 0.2) is 119 Å². The standard InChI is InChI=1S/C31H28N3O2P/c1-22(2)29(35)30-33-27-19-11-10-18-26(27)31(36)34(30)32-21-23-13-9-12-20-28(23)37(24-14-5-3-6-15-24)25-16-7-4-8-17-25/h3-22,29,35H,1-2H3. The molecule has 0 bridgehead atoms. The van der Waals surface area contributed by atoms with Gasteiger partial charge in [0.2, 0.25) is 0 Å². The van der Waals surface area contributed by atoms with Crippen molar-refractivity contribution < 1.29 is 5.11 Å². The van der Waals surface area contributed by atoms with E-state index in [0.29, 0.717) is 10.9 Å². The van der Waals surface area contributed by atoms with Crippen molar-refractivity contribution in [3.63, 3.8) is 0 Å². The Kier molecular flexibility index (Phi) is 7.36. The van der Waals surface area contributed by atoms with E-state index in [-0.39, 0.29) is 17.3 Å². The van der Waals surface area contributed by atoms with E-state index in [0.717, 1.165) is 10.9 Å². The van der Waals surface area contributed by atoms with Crippen LogP contribution in [0, 0.1) is 5.92 Å². The van der Waals surface area contributed by atoms with Crippen molar-refractivity contribution in [1.29, 1.82) is 0 Å². The largest absolute Gasteiger partial charge is 0.385 e. The lowest BCUT2D eigenvalue weighted by Gasteiger charge is -2.21. The molecule has 0 aliphatic carbocycles. The van der Waals surface area contributed by atoms with Gasteiger partial charge in [0.1, 0.15) is 6.10 Å². The summed E-state index contributed by atoms with van der Waals surface area (Å²) >= 11 is 0. The van der Waals surface area contributed by atoms with E-state index in [4.69, 9.17) is 0 Å². The van der Waals surface area contributed by atoms with Crippen LogP contribution in [0.4, 0.5) is 0 Å². The Balaban J connectivity index is 1.67. The van der Waals surface area contributed by atoms with Gasteiger partial charge in [0, 0.05) is 5.56 Å². The van der Waals surface area contributed by atoms with Crippen LogP contribution in [0.2, 0.25) is 0 Å². The fourth-order valence-electron chi connectivity index (χ4n) is 4.24. The van der Waals surface area contributed by atoms with Crippen LogP contribution >= 0.6 is 7.92 Å². The number of rotatable bonds is 7. The molecule has 0 fully saturated rings. The maximum atomic E-state index is 13.5. The van der Waals surface area contributed by atoms with Crippen LogP contribution in [-0.4, -0.2) is 21.0 Å². The highest BCUT2D eigenvalue weighted by Crippen LogP contribution is 2.33. The minimum Gasteiger partial charge on any atom is -0.385 e. The van der Waals surface area contributed by atoms with Crippen molar-refractivity contribution in [2.75, 3.05) is 0 Å². The van der Waals surface area contributed by atoms with Gasteiger partial charge in [-0.15, -0.1) is 0 Å². The van der Waals surface area contributed by atoms with E-state index >= 15 is 0 Å². The molecular formula is C31H28N3O2P. The van der Waals surface area contributed by atoms with Crippen LogP contribution < -0.4 is 21.5 Å². The number of benzene rings is 4. The Bertz CT molecular complexity index is 1560. The van der Waals surface area contributed by atoms with Crippen LogP contribution in [0.1, 0.15) is 31.3 Å². The number of hydrogen-bond acceptors (Lipinski definition) is 4. The summed E-state index contributed by atoms with van der Waals surface area (Å²) in [5.74, 6) is 0.103. The number of aliphatic hydroxyl groups is 1. The highest BCUT2D eigenvalue weighted by Gasteiger charge is 2.22. The average Bonchev–Trinajstić information content (AvgIpc) is 2.94. The molecule has 4 aromatic carbocycles. The van der Waals surface area contributed by atoms with Crippen molar-refractivity contribution in [2.24, 2.45) is 11.0 Å². The quantitative estimate of drug-likeness (QED) is 0.257. The fourth-order valence-corrected chi connectivity index (χ4v) is 6.66. The Morgan fingerprint density at radius 1 is 0.811 bits per heavy atom. The Morgan fingerprint density at radius 3 is 2.03 bits per heavy atom. The first-order valence-electron chi connectivity index (χ1n) is 12.3. The third-order valence-corrected chi connectivity index (χ3v) is 8.71. The molecular weight excluding hydrogens is 477 g/mol. The van der Waals surface area contributed by atoms with Gasteiger partial charge < -0.3 is 5.11 Å². The Morgan fingerprint density at radius 2 is 1.38 bits per heavy atom. The van der Waals surface area contributed by atoms with Crippen LogP contribution in [0.3, 0.4) is 0 Å². The monoisotopic (exact) mass is 505 g/mol. The van der Waals surface area contributed by atoms with Gasteiger partial charge in [0.05, 0.1) is 17.1 Å². The van der Waals surface area contributed by atoms with Crippen LogP contribution in [0.5, 0.6) is 0 Å². The number of fused-ring (bicyclic) bond motifs is 1. The first-order valence-corrected chi connectivity index (χ1v) is 13.6. The normalized spacial score (nSPS) is 12.6. The molecule has 1 aromatic heterocycles. The predicted molar refractivity (Wildman–Crippen MR) is 154 cm³/mol. The second-order valence-electron chi connectivity index (χ2n) is 9.10. The van der Waals surface area contributed by atoms with E-state index in [9.17, 15) is 9.90 Å². The van der Waals surface area contributed by atoms with Crippen molar-refractivity contribution in [2.45, 2.75) is 20.0 Å². The van der Waals surface area contributed by atoms with Crippen LogP contribution in [0.25, 0.3) is 10.9 Å². The summed E-state index contributed by atoms with van der Waals surface area (Å²) in [6.45, 7) is 3.78. The lowest BCUT2D eigenvalue weighted by Crippen LogP contribution is -2.27. The molecule has 0 saturated heterocycles. The summed E-state index contributed by atoms with van der Waals surface area (Å²) < 4.78 is 1.25. The molecule has 0 aliphatic rings. The van der Waals surface area contributed by atoms with E-state index in [1.807, 2.05) is 50.2 Å². The van der Waals surface area contributed by atoms with E-state index < -0.39 is 14.0 Å². The highest BCUT2D eigenvalue weighted by atomic mass is 31.1. The van der Waals surface area contributed by atoms with Gasteiger partial charge in [0.25, 0.3) is 5.56 Å². The SMILES string of the molecule is CC(C)C(O)c1nc2ccccc2c(=O)n1N=Cc1ccccc1P(c1ccccc1)c1ccccc1. The van der Waals surface area contributed by atoms with Crippen LogP contribution in [-0.2, 0) is 0 Å².